The van der Waals surface area contributed by atoms with Crippen LogP contribution in [0.5, 0.6) is 0 Å². The van der Waals surface area contributed by atoms with Crippen molar-refractivity contribution in [2.24, 2.45) is 0 Å². The topological polar surface area (TPSA) is 41.5 Å². The van der Waals surface area contributed by atoms with Crippen molar-refractivity contribution in [1.29, 1.82) is 0 Å². The molecular formula is C6H10FNO2. The van der Waals surface area contributed by atoms with Crippen molar-refractivity contribution < 1.29 is 14.2 Å². The smallest absolute Gasteiger partial charge is 0.140 e. The lowest BCUT2D eigenvalue weighted by Crippen LogP contribution is -2.36. The zero-order valence-corrected chi connectivity index (χ0v) is 5.46. The molecule has 0 spiro atoms. The van der Waals surface area contributed by atoms with E-state index in [1.54, 1.807) is 0 Å². The number of hydrogen-bond donors (Lipinski definition) is 2. The molecule has 2 saturated heterocycles. The summed E-state index contributed by atoms with van der Waals surface area (Å²) in [6.07, 6.45) is -1.87. The molecule has 58 valence electrons. The first-order chi connectivity index (χ1) is 4.79. The summed E-state index contributed by atoms with van der Waals surface area (Å²) in [5.74, 6) is 0. The minimum atomic E-state index is -0.942. The maximum atomic E-state index is 12.8. The molecule has 4 heteroatoms. The molecule has 4 atom stereocenters. The molecule has 0 amide bonds. The average Bonchev–Trinajstić information content (AvgIpc) is 2.41. The molecular weight excluding hydrogens is 137 g/mol. The lowest BCUT2D eigenvalue weighted by molar-refractivity contribution is 0.0496. The third-order valence-corrected chi connectivity index (χ3v) is 2.13. The first-order valence-corrected chi connectivity index (χ1v) is 3.46. The second-order valence-electron chi connectivity index (χ2n) is 2.82. The number of rotatable bonds is 0. The van der Waals surface area contributed by atoms with E-state index in [0.717, 1.165) is 0 Å². The van der Waals surface area contributed by atoms with E-state index in [1.807, 2.05) is 0 Å². The summed E-state index contributed by atoms with van der Waals surface area (Å²) in [5.41, 5.74) is 0. The van der Waals surface area contributed by atoms with Crippen LogP contribution >= 0.6 is 0 Å². The summed E-state index contributed by atoms with van der Waals surface area (Å²) in [5, 5.41) is 12.0. The fraction of sp³-hybridized carbons (Fsp3) is 1.00. The minimum Gasteiger partial charge on any atom is -0.389 e. The van der Waals surface area contributed by atoms with Gasteiger partial charge < -0.3 is 15.2 Å². The molecule has 2 fully saturated rings. The molecule has 10 heavy (non-hydrogen) atoms. The molecule has 2 heterocycles. The van der Waals surface area contributed by atoms with E-state index in [9.17, 15) is 4.39 Å². The van der Waals surface area contributed by atoms with E-state index in [4.69, 9.17) is 9.84 Å². The normalized spacial score (nSPS) is 53.4. The van der Waals surface area contributed by atoms with Gasteiger partial charge in [0.2, 0.25) is 0 Å². The van der Waals surface area contributed by atoms with Crippen LogP contribution in [-0.4, -0.2) is 42.7 Å². The van der Waals surface area contributed by atoms with Crippen LogP contribution in [0.4, 0.5) is 4.39 Å². The van der Waals surface area contributed by atoms with Gasteiger partial charge in [-0.25, -0.2) is 4.39 Å². The molecule has 0 saturated carbocycles. The standard InChI is InChI=1S/C6H10FNO2/c7-3-1-8-5-4(9)2-10-6(3)5/h3-6,8-9H,1-2H2. The maximum Gasteiger partial charge on any atom is 0.140 e. The Morgan fingerprint density at radius 3 is 3.10 bits per heavy atom. The number of ether oxygens (including phenoxy) is 1. The lowest BCUT2D eigenvalue weighted by Gasteiger charge is -2.09. The SMILES string of the molecule is OC1COC2C(F)CNC12. The van der Waals surface area contributed by atoms with Crippen molar-refractivity contribution in [3.05, 3.63) is 0 Å². The van der Waals surface area contributed by atoms with Crippen LogP contribution in [-0.2, 0) is 4.74 Å². The highest BCUT2D eigenvalue weighted by atomic mass is 19.1. The van der Waals surface area contributed by atoms with Gasteiger partial charge in [0.05, 0.1) is 18.8 Å². The lowest BCUT2D eigenvalue weighted by atomic mass is 10.1. The summed E-state index contributed by atoms with van der Waals surface area (Å²) in [7, 11) is 0. The summed E-state index contributed by atoms with van der Waals surface area (Å²) in [4.78, 5) is 0. The van der Waals surface area contributed by atoms with E-state index >= 15 is 0 Å². The van der Waals surface area contributed by atoms with Crippen LogP contribution in [0.25, 0.3) is 0 Å². The zero-order chi connectivity index (χ0) is 7.14. The first-order valence-electron chi connectivity index (χ1n) is 3.46. The Labute approximate surface area is 58.2 Å². The molecule has 0 aromatic rings. The van der Waals surface area contributed by atoms with Crippen LogP contribution in [0.15, 0.2) is 0 Å². The van der Waals surface area contributed by atoms with Crippen LogP contribution in [0.2, 0.25) is 0 Å². The van der Waals surface area contributed by atoms with Crippen LogP contribution in [0.1, 0.15) is 0 Å². The number of hydrogen-bond acceptors (Lipinski definition) is 3. The Morgan fingerprint density at radius 1 is 1.60 bits per heavy atom. The van der Waals surface area contributed by atoms with Gasteiger partial charge in [-0.1, -0.05) is 0 Å². The van der Waals surface area contributed by atoms with Gasteiger partial charge in [0.1, 0.15) is 12.3 Å². The maximum absolute atomic E-state index is 12.8. The molecule has 2 aliphatic heterocycles. The van der Waals surface area contributed by atoms with E-state index < -0.39 is 18.4 Å². The Hall–Kier alpha value is -0.190. The molecule has 0 bridgehead atoms. The van der Waals surface area contributed by atoms with Gasteiger partial charge in [-0.05, 0) is 0 Å². The molecule has 0 aliphatic carbocycles. The Balaban J connectivity index is 2.09. The number of aliphatic hydroxyl groups is 1. The van der Waals surface area contributed by atoms with Crippen molar-refractivity contribution in [2.75, 3.05) is 13.2 Å². The van der Waals surface area contributed by atoms with Gasteiger partial charge in [-0.15, -0.1) is 0 Å². The third-order valence-electron chi connectivity index (χ3n) is 2.13. The van der Waals surface area contributed by atoms with Crippen LogP contribution in [0.3, 0.4) is 0 Å². The second kappa shape index (κ2) is 2.15. The highest BCUT2D eigenvalue weighted by molar-refractivity contribution is 4.99. The van der Waals surface area contributed by atoms with Crippen molar-refractivity contribution in [3.63, 3.8) is 0 Å². The molecule has 2 N–H and O–H groups in total. The molecule has 2 rings (SSSR count). The predicted octanol–water partition coefficient (Wildman–Crippen LogP) is -0.944. The Bertz CT molecular complexity index is 128. The predicted molar refractivity (Wildman–Crippen MR) is 32.4 cm³/mol. The summed E-state index contributed by atoms with van der Waals surface area (Å²) >= 11 is 0. The van der Waals surface area contributed by atoms with Gasteiger partial charge in [0.15, 0.2) is 0 Å². The molecule has 2 aliphatic rings. The highest BCUT2D eigenvalue weighted by Gasteiger charge is 2.45. The number of fused-ring (bicyclic) bond motifs is 1. The minimum absolute atomic E-state index is 0.171. The summed E-state index contributed by atoms with van der Waals surface area (Å²) < 4.78 is 17.8. The van der Waals surface area contributed by atoms with E-state index in [2.05, 4.69) is 5.32 Å². The van der Waals surface area contributed by atoms with Gasteiger partial charge in [0, 0.05) is 6.54 Å². The van der Waals surface area contributed by atoms with E-state index in [0.29, 0.717) is 6.54 Å². The summed E-state index contributed by atoms with van der Waals surface area (Å²) in [6, 6.07) is -0.171. The quantitative estimate of drug-likeness (QED) is 0.464. The van der Waals surface area contributed by atoms with Crippen molar-refractivity contribution in [2.45, 2.75) is 24.4 Å². The Kier molecular flexibility index (Phi) is 1.40. The largest absolute Gasteiger partial charge is 0.389 e. The van der Waals surface area contributed by atoms with E-state index in [1.165, 1.54) is 0 Å². The molecule has 0 aromatic heterocycles. The first kappa shape index (κ1) is 6.52. The monoisotopic (exact) mass is 147 g/mol. The number of nitrogens with one attached hydrogen (secondary N) is 1. The fourth-order valence-electron chi connectivity index (χ4n) is 1.58. The third kappa shape index (κ3) is 0.761. The van der Waals surface area contributed by atoms with Gasteiger partial charge in [-0.3, -0.25) is 0 Å². The molecule has 4 unspecified atom stereocenters. The molecule has 0 aromatic carbocycles. The fourth-order valence-corrected chi connectivity index (χ4v) is 1.58. The molecule has 0 radical (unpaired) electrons. The molecule has 3 nitrogen and oxygen atoms in total. The second-order valence-corrected chi connectivity index (χ2v) is 2.82. The van der Waals surface area contributed by atoms with Crippen molar-refractivity contribution in [3.8, 4) is 0 Å². The van der Waals surface area contributed by atoms with Crippen LogP contribution in [0, 0.1) is 0 Å². The number of halogens is 1. The van der Waals surface area contributed by atoms with Gasteiger partial charge in [-0.2, -0.15) is 0 Å². The summed E-state index contributed by atoms with van der Waals surface area (Å²) in [6.45, 7) is 0.579. The van der Waals surface area contributed by atoms with Gasteiger partial charge >= 0.3 is 0 Å². The Morgan fingerprint density at radius 2 is 2.40 bits per heavy atom. The van der Waals surface area contributed by atoms with Crippen molar-refractivity contribution >= 4 is 0 Å². The van der Waals surface area contributed by atoms with Crippen molar-refractivity contribution in [1.82, 2.24) is 5.32 Å². The van der Waals surface area contributed by atoms with Crippen LogP contribution < -0.4 is 5.32 Å². The van der Waals surface area contributed by atoms with E-state index in [-0.39, 0.29) is 12.6 Å². The number of alkyl halides is 1. The zero-order valence-electron chi connectivity index (χ0n) is 5.46. The average molecular weight is 147 g/mol. The highest BCUT2D eigenvalue weighted by Crippen LogP contribution is 2.23. The van der Waals surface area contributed by atoms with Gasteiger partial charge in [0.25, 0.3) is 0 Å². The number of aliphatic hydroxyl groups excluding tert-OH is 1.